The van der Waals surface area contributed by atoms with Gasteiger partial charge in [0, 0.05) is 24.4 Å². The maximum Gasteiger partial charge on any atom is 0.148 e. The van der Waals surface area contributed by atoms with Crippen LogP contribution in [-0.4, -0.2) is 45.1 Å². The summed E-state index contributed by atoms with van der Waals surface area (Å²) in [6.07, 6.45) is 10.3. The van der Waals surface area contributed by atoms with Crippen molar-refractivity contribution in [3.05, 3.63) is 0 Å². The third-order valence-corrected chi connectivity index (χ3v) is 5.84. The summed E-state index contributed by atoms with van der Waals surface area (Å²) in [6.45, 7) is 3.15. The highest BCUT2D eigenvalue weighted by Gasteiger charge is 2.33. The van der Waals surface area contributed by atoms with Gasteiger partial charge < -0.3 is 10.6 Å². The molecule has 0 radical (unpaired) electrons. The van der Waals surface area contributed by atoms with E-state index in [2.05, 4.69) is 10.6 Å². The Hall–Kier alpha value is -0.130. The van der Waals surface area contributed by atoms with Crippen molar-refractivity contribution in [1.29, 1.82) is 0 Å². The smallest absolute Gasteiger partial charge is 0.148 e. The second-order valence-electron chi connectivity index (χ2n) is 6.77. The first kappa shape index (κ1) is 16.2. The number of hydrogen-bond donors (Lipinski definition) is 2. The minimum atomic E-state index is -2.89. The number of piperidine rings is 1. The summed E-state index contributed by atoms with van der Waals surface area (Å²) in [4.78, 5) is 0. The van der Waals surface area contributed by atoms with Crippen LogP contribution in [0.4, 0.5) is 0 Å². The summed E-state index contributed by atoms with van der Waals surface area (Å²) < 4.78 is 22.8. The van der Waals surface area contributed by atoms with Gasteiger partial charge in [0.2, 0.25) is 0 Å². The lowest BCUT2D eigenvalue weighted by atomic mass is 9.77. The fraction of sp³-hybridized carbons (Fsp3) is 1.00. The summed E-state index contributed by atoms with van der Waals surface area (Å²) in [5, 5.41) is 7.29. The SMILES string of the molecule is CC(CS(C)(=O)=O)NC1CCCCC1C1CCCCN1. The summed E-state index contributed by atoms with van der Waals surface area (Å²) in [5.41, 5.74) is 0. The van der Waals surface area contributed by atoms with Crippen molar-refractivity contribution in [2.45, 2.75) is 70.0 Å². The highest BCUT2D eigenvalue weighted by atomic mass is 32.2. The number of sulfone groups is 1. The zero-order valence-corrected chi connectivity index (χ0v) is 13.7. The zero-order valence-electron chi connectivity index (χ0n) is 12.9. The molecule has 2 N–H and O–H groups in total. The molecule has 1 saturated heterocycles. The molecule has 4 nitrogen and oxygen atoms in total. The van der Waals surface area contributed by atoms with Crippen LogP contribution in [0.1, 0.15) is 51.9 Å². The molecule has 2 fully saturated rings. The van der Waals surface area contributed by atoms with Gasteiger partial charge >= 0.3 is 0 Å². The second-order valence-corrected chi connectivity index (χ2v) is 8.96. The fourth-order valence-corrected chi connectivity index (χ4v) is 4.96. The van der Waals surface area contributed by atoms with E-state index in [1.165, 1.54) is 51.2 Å². The van der Waals surface area contributed by atoms with E-state index >= 15 is 0 Å². The van der Waals surface area contributed by atoms with E-state index < -0.39 is 9.84 Å². The van der Waals surface area contributed by atoms with Crippen molar-refractivity contribution < 1.29 is 8.42 Å². The van der Waals surface area contributed by atoms with Crippen molar-refractivity contribution >= 4 is 9.84 Å². The maximum absolute atomic E-state index is 11.4. The molecule has 1 aliphatic carbocycles. The van der Waals surface area contributed by atoms with E-state index in [-0.39, 0.29) is 11.8 Å². The molecule has 0 aromatic carbocycles. The van der Waals surface area contributed by atoms with Crippen molar-refractivity contribution in [2.24, 2.45) is 5.92 Å². The zero-order chi connectivity index (χ0) is 14.6. The van der Waals surface area contributed by atoms with Crippen LogP contribution in [0.3, 0.4) is 0 Å². The Labute approximate surface area is 124 Å². The van der Waals surface area contributed by atoms with Crippen molar-refractivity contribution in [3.63, 3.8) is 0 Å². The van der Waals surface area contributed by atoms with Crippen LogP contribution in [0.2, 0.25) is 0 Å². The lowest BCUT2D eigenvalue weighted by molar-refractivity contribution is 0.176. The fourth-order valence-electron chi connectivity index (χ4n) is 3.96. The molecule has 0 amide bonds. The topological polar surface area (TPSA) is 58.2 Å². The molecule has 118 valence electrons. The number of nitrogens with one attached hydrogen (secondary N) is 2. The van der Waals surface area contributed by atoms with Gasteiger partial charge in [0.05, 0.1) is 5.75 Å². The van der Waals surface area contributed by atoms with E-state index in [4.69, 9.17) is 0 Å². The lowest BCUT2D eigenvalue weighted by Crippen LogP contribution is -2.53. The Morgan fingerprint density at radius 3 is 2.50 bits per heavy atom. The minimum Gasteiger partial charge on any atom is -0.314 e. The third-order valence-electron chi connectivity index (χ3n) is 4.74. The summed E-state index contributed by atoms with van der Waals surface area (Å²) in [7, 11) is -2.89. The molecule has 0 aromatic rings. The van der Waals surface area contributed by atoms with Crippen LogP contribution in [0.5, 0.6) is 0 Å². The van der Waals surface area contributed by atoms with Gasteiger partial charge in [-0.15, -0.1) is 0 Å². The first-order valence-corrected chi connectivity index (χ1v) is 10.2. The van der Waals surface area contributed by atoms with E-state index in [1.54, 1.807) is 0 Å². The third kappa shape index (κ3) is 5.01. The number of rotatable bonds is 5. The molecule has 2 aliphatic rings. The second kappa shape index (κ2) is 7.23. The Kier molecular flexibility index (Phi) is 5.87. The van der Waals surface area contributed by atoms with E-state index in [0.29, 0.717) is 18.0 Å². The normalized spacial score (nSPS) is 33.8. The predicted octanol–water partition coefficient (Wildman–Crippen LogP) is 1.71. The van der Waals surface area contributed by atoms with E-state index in [9.17, 15) is 8.42 Å². The molecule has 1 aliphatic heterocycles. The van der Waals surface area contributed by atoms with E-state index in [1.807, 2.05) is 6.92 Å². The molecule has 0 spiro atoms. The van der Waals surface area contributed by atoms with Gasteiger partial charge in [0.25, 0.3) is 0 Å². The summed E-state index contributed by atoms with van der Waals surface area (Å²) in [5.74, 6) is 0.917. The molecular formula is C15H30N2O2S. The molecule has 5 heteroatoms. The van der Waals surface area contributed by atoms with Crippen molar-refractivity contribution in [3.8, 4) is 0 Å². The van der Waals surface area contributed by atoms with Gasteiger partial charge in [-0.1, -0.05) is 19.3 Å². The average molecular weight is 302 g/mol. The van der Waals surface area contributed by atoms with Crippen LogP contribution in [0, 0.1) is 5.92 Å². The molecule has 4 unspecified atom stereocenters. The van der Waals surface area contributed by atoms with Crippen LogP contribution < -0.4 is 10.6 Å². The standard InChI is InChI=1S/C15H30N2O2S/c1-12(11-20(2,18)19)17-15-9-4-3-7-13(15)14-8-5-6-10-16-14/h12-17H,3-11H2,1-2H3. The van der Waals surface area contributed by atoms with Crippen LogP contribution in [-0.2, 0) is 9.84 Å². The van der Waals surface area contributed by atoms with Gasteiger partial charge in [-0.25, -0.2) is 8.42 Å². The lowest BCUT2D eigenvalue weighted by Gasteiger charge is -2.41. The quantitative estimate of drug-likeness (QED) is 0.812. The van der Waals surface area contributed by atoms with Crippen LogP contribution >= 0.6 is 0 Å². The molecule has 1 heterocycles. The minimum absolute atomic E-state index is 0.0548. The maximum atomic E-state index is 11.4. The Morgan fingerprint density at radius 2 is 1.85 bits per heavy atom. The first-order chi connectivity index (χ1) is 9.46. The van der Waals surface area contributed by atoms with Gasteiger partial charge in [0.1, 0.15) is 9.84 Å². The van der Waals surface area contributed by atoms with Gasteiger partial charge in [-0.3, -0.25) is 0 Å². The highest BCUT2D eigenvalue weighted by molar-refractivity contribution is 7.90. The summed E-state index contributed by atoms with van der Waals surface area (Å²) in [6, 6.07) is 1.17. The van der Waals surface area contributed by atoms with Crippen LogP contribution in [0.15, 0.2) is 0 Å². The Balaban J connectivity index is 1.92. The molecule has 0 bridgehead atoms. The van der Waals surface area contributed by atoms with Crippen molar-refractivity contribution in [1.82, 2.24) is 10.6 Å². The van der Waals surface area contributed by atoms with Gasteiger partial charge in [-0.2, -0.15) is 0 Å². The van der Waals surface area contributed by atoms with Crippen LogP contribution in [0.25, 0.3) is 0 Å². The molecule has 2 rings (SSSR count). The molecule has 0 aromatic heterocycles. The monoisotopic (exact) mass is 302 g/mol. The molecular weight excluding hydrogens is 272 g/mol. The highest BCUT2D eigenvalue weighted by Crippen LogP contribution is 2.30. The summed E-state index contributed by atoms with van der Waals surface area (Å²) >= 11 is 0. The van der Waals surface area contributed by atoms with Crippen molar-refractivity contribution in [2.75, 3.05) is 18.6 Å². The van der Waals surface area contributed by atoms with Gasteiger partial charge in [0.15, 0.2) is 0 Å². The largest absolute Gasteiger partial charge is 0.314 e. The predicted molar refractivity (Wildman–Crippen MR) is 83.7 cm³/mol. The molecule has 4 atom stereocenters. The molecule has 1 saturated carbocycles. The van der Waals surface area contributed by atoms with Gasteiger partial charge in [-0.05, 0) is 45.1 Å². The number of hydrogen-bond acceptors (Lipinski definition) is 4. The average Bonchev–Trinajstić information content (AvgIpc) is 2.38. The first-order valence-electron chi connectivity index (χ1n) is 8.13. The molecule has 20 heavy (non-hydrogen) atoms. The van der Waals surface area contributed by atoms with E-state index in [0.717, 1.165) is 6.54 Å². The Bertz CT molecular complexity index is 391. The Morgan fingerprint density at radius 1 is 1.15 bits per heavy atom.